The largest absolute Gasteiger partial charge is 0.350 e. The number of carbonyl (C=O) groups is 1. The van der Waals surface area contributed by atoms with Gasteiger partial charge in [0.25, 0.3) is 5.91 Å². The van der Waals surface area contributed by atoms with Gasteiger partial charge in [-0.25, -0.2) is 4.39 Å². The Balaban J connectivity index is 1.50. The Morgan fingerprint density at radius 2 is 1.96 bits per heavy atom. The van der Waals surface area contributed by atoms with Crippen molar-refractivity contribution in [3.63, 3.8) is 0 Å². The Morgan fingerprint density at radius 1 is 1.11 bits per heavy atom. The van der Waals surface area contributed by atoms with Crippen molar-refractivity contribution in [3.05, 3.63) is 93.4 Å². The summed E-state index contributed by atoms with van der Waals surface area (Å²) in [6.07, 6.45) is 1.01. The van der Waals surface area contributed by atoms with Gasteiger partial charge in [-0.3, -0.25) is 9.69 Å². The van der Waals surface area contributed by atoms with Crippen molar-refractivity contribution >= 4 is 17.2 Å². The van der Waals surface area contributed by atoms with Crippen LogP contribution in [0.2, 0.25) is 0 Å². The number of rotatable bonds is 5. The standard InChI is InChI=1S/C22H21FN2OS/c23-19-8-3-7-17(13-19)22(26)24-14-20(21-9-4-12-27-21)25-11-10-16-5-1-2-6-18(16)15-25/h1-9,12-13,20H,10-11,14-15H2,(H,24,26)/t20-/m0/s1. The summed E-state index contributed by atoms with van der Waals surface area (Å²) >= 11 is 1.70. The van der Waals surface area contributed by atoms with Crippen molar-refractivity contribution in [1.29, 1.82) is 0 Å². The Kier molecular flexibility index (Phi) is 5.32. The lowest BCUT2D eigenvalue weighted by Gasteiger charge is -2.35. The molecule has 3 nitrogen and oxygen atoms in total. The van der Waals surface area contributed by atoms with Crippen molar-refractivity contribution in [3.8, 4) is 0 Å². The molecule has 0 saturated carbocycles. The first-order valence-electron chi connectivity index (χ1n) is 9.09. The number of thiophene rings is 1. The number of hydrogen-bond acceptors (Lipinski definition) is 3. The summed E-state index contributed by atoms with van der Waals surface area (Å²) in [7, 11) is 0. The van der Waals surface area contributed by atoms with Gasteiger partial charge in [-0.1, -0.05) is 36.4 Å². The van der Waals surface area contributed by atoms with E-state index < -0.39 is 5.82 Å². The van der Waals surface area contributed by atoms with Crippen LogP contribution in [0.5, 0.6) is 0 Å². The van der Waals surface area contributed by atoms with Crippen molar-refractivity contribution < 1.29 is 9.18 Å². The van der Waals surface area contributed by atoms with Gasteiger partial charge < -0.3 is 5.32 Å². The maximum absolute atomic E-state index is 13.4. The van der Waals surface area contributed by atoms with Gasteiger partial charge in [-0.15, -0.1) is 11.3 Å². The van der Waals surface area contributed by atoms with E-state index in [-0.39, 0.29) is 11.9 Å². The smallest absolute Gasteiger partial charge is 0.251 e. The number of amides is 1. The topological polar surface area (TPSA) is 32.3 Å². The second-order valence-corrected chi connectivity index (χ2v) is 7.72. The van der Waals surface area contributed by atoms with Crippen LogP contribution in [-0.4, -0.2) is 23.9 Å². The summed E-state index contributed by atoms with van der Waals surface area (Å²) in [5, 5.41) is 5.06. The van der Waals surface area contributed by atoms with Crippen LogP contribution in [-0.2, 0) is 13.0 Å². The molecule has 0 bridgehead atoms. The van der Waals surface area contributed by atoms with Crippen molar-refractivity contribution in [2.45, 2.75) is 19.0 Å². The van der Waals surface area contributed by atoms with E-state index in [1.807, 2.05) is 6.07 Å². The van der Waals surface area contributed by atoms with Crippen LogP contribution in [0.25, 0.3) is 0 Å². The summed E-state index contributed by atoms with van der Waals surface area (Å²) < 4.78 is 13.4. The zero-order valence-electron chi connectivity index (χ0n) is 14.9. The number of hydrogen-bond donors (Lipinski definition) is 1. The van der Waals surface area contributed by atoms with Gasteiger partial charge in [-0.05, 0) is 47.2 Å². The first kappa shape index (κ1) is 17.9. The van der Waals surface area contributed by atoms with Crippen LogP contribution in [0.4, 0.5) is 4.39 Å². The number of benzene rings is 2. The second kappa shape index (κ2) is 8.03. The average Bonchev–Trinajstić information content (AvgIpc) is 3.22. The summed E-state index contributed by atoms with van der Waals surface area (Å²) in [5.74, 6) is -0.640. The Labute approximate surface area is 162 Å². The lowest BCUT2D eigenvalue weighted by Crippen LogP contribution is -2.40. The molecule has 1 N–H and O–H groups in total. The molecule has 0 unspecified atom stereocenters. The molecule has 0 spiro atoms. The number of nitrogens with one attached hydrogen (secondary N) is 1. The van der Waals surface area contributed by atoms with Crippen molar-refractivity contribution in [1.82, 2.24) is 10.2 Å². The molecule has 0 saturated heterocycles. The van der Waals surface area contributed by atoms with Gasteiger partial charge in [0.2, 0.25) is 0 Å². The number of halogens is 1. The van der Waals surface area contributed by atoms with Gasteiger partial charge >= 0.3 is 0 Å². The van der Waals surface area contributed by atoms with Crippen molar-refractivity contribution in [2.24, 2.45) is 0 Å². The fourth-order valence-electron chi connectivity index (χ4n) is 3.60. The molecule has 138 valence electrons. The zero-order valence-corrected chi connectivity index (χ0v) is 15.7. The summed E-state index contributed by atoms with van der Waals surface area (Å²) in [6, 6.07) is 18.6. The van der Waals surface area contributed by atoms with Gasteiger partial charge in [-0.2, -0.15) is 0 Å². The molecular formula is C22H21FN2OS. The van der Waals surface area contributed by atoms with Crippen LogP contribution in [0.3, 0.4) is 0 Å². The molecule has 1 amide bonds. The normalized spacial score (nSPS) is 15.1. The average molecular weight is 380 g/mol. The maximum atomic E-state index is 13.4. The molecule has 1 aliphatic rings. The number of nitrogens with zero attached hydrogens (tertiary/aromatic N) is 1. The third-order valence-corrected chi connectivity index (χ3v) is 5.99. The number of fused-ring (bicyclic) bond motifs is 1. The second-order valence-electron chi connectivity index (χ2n) is 6.74. The minimum absolute atomic E-state index is 0.107. The first-order chi connectivity index (χ1) is 13.2. The monoisotopic (exact) mass is 380 g/mol. The summed E-state index contributed by atoms with van der Waals surface area (Å²) in [5.41, 5.74) is 3.10. The van der Waals surface area contributed by atoms with Gasteiger partial charge in [0.15, 0.2) is 0 Å². The van der Waals surface area contributed by atoms with E-state index in [0.29, 0.717) is 12.1 Å². The van der Waals surface area contributed by atoms with Crippen LogP contribution in [0.1, 0.15) is 32.4 Å². The van der Waals surface area contributed by atoms with Gasteiger partial charge in [0.05, 0.1) is 6.04 Å². The maximum Gasteiger partial charge on any atom is 0.251 e. The number of carbonyl (C=O) groups excluding carboxylic acids is 1. The fourth-order valence-corrected chi connectivity index (χ4v) is 4.46. The lowest BCUT2D eigenvalue weighted by molar-refractivity contribution is 0.0928. The molecule has 0 fully saturated rings. The minimum Gasteiger partial charge on any atom is -0.350 e. The molecule has 1 aromatic heterocycles. The molecule has 0 aliphatic carbocycles. The van der Waals surface area contributed by atoms with E-state index in [1.165, 1.54) is 28.1 Å². The molecule has 1 atom stereocenters. The van der Waals surface area contributed by atoms with E-state index in [0.717, 1.165) is 19.5 Å². The summed E-state index contributed by atoms with van der Waals surface area (Å²) in [4.78, 5) is 16.1. The van der Waals surface area contributed by atoms with Crippen LogP contribution in [0, 0.1) is 5.82 Å². The third kappa shape index (κ3) is 4.10. The van der Waals surface area contributed by atoms with Gasteiger partial charge in [0.1, 0.15) is 5.82 Å². The molecule has 1 aliphatic heterocycles. The van der Waals surface area contributed by atoms with Crippen LogP contribution >= 0.6 is 11.3 Å². The van der Waals surface area contributed by atoms with E-state index in [9.17, 15) is 9.18 Å². The highest BCUT2D eigenvalue weighted by Crippen LogP contribution is 2.30. The molecule has 4 rings (SSSR count). The van der Waals surface area contributed by atoms with Gasteiger partial charge in [0, 0.05) is 30.1 Å². The van der Waals surface area contributed by atoms with Crippen molar-refractivity contribution in [2.75, 3.05) is 13.1 Å². The van der Waals surface area contributed by atoms with Crippen LogP contribution in [0.15, 0.2) is 66.0 Å². The van der Waals surface area contributed by atoms with Crippen LogP contribution < -0.4 is 5.32 Å². The predicted molar refractivity (Wildman–Crippen MR) is 106 cm³/mol. The molecule has 5 heteroatoms. The molecule has 27 heavy (non-hydrogen) atoms. The molecule has 2 aromatic carbocycles. The quantitative estimate of drug-likeness (QED) is 0.711. The van der Waals surface area contributed by atoms with E-state index in [4.69, 9.17) is 0 Å². The Bertz CT molecular complexity index is 926. The summed E-state index contributed by atoms with van der Waals surface area (Å²) in [6.45, 7) is 2.32. The highest BCUT2D eigenvalue weighted by atomic mass is 32.1. The highest BCUT2D eigenvalue weighted by molar-refractivity contribution is 7.10. The SMILES string of the molecule is O=C(NC[C@@H](c1cccs1)N1CCc2ccccc2C1)c1cccc(F)c1. The Morgan fingerprint density at radius 3 is 2.74 bits per heavy atom. The molecule has 0 radical (unpaired) electrons. The Hall–Kier alpha value is -2.50. The first-order valence-corrected chi connectivity index (χ1v) is 9.96. The van der Waals surface area contributed by atoms with E-state index in [2.05, 4.69) is 45.9 Å². The molecule has 2 heterocycles. The third-order valence-electron chi connectivity index (χ3n) is 5.02. The molecular weight excluding hydrogens is 359 g/mol. The fraction of sp³-hybridized carbons (Fsp3) is 0.227. The zero-order chi connectivity index (χ0) is 18.6. The molecule has 3 aromatic rings. The minimum atomic E-state index is -0.398. The van der Waals surface area contributed by atoms with E-state index in [1.54, 1.807) is 23.5 Å². The lowest BCUT2D eigenvalue weighted by atomic mass is 9.98. The van der Waals surface area contributed by atoms with E-state index >= 15 is 0 Å². The predicted octanol–water partition coefficient (Wildman–Crippen LogP) is 4.42. The highest BCUT2D eigenvalue weighted by Gasteiger charge is 2.26.